The van der Waals surface area contributed by atoms with Crippen LogP contribution in [0, 0.1) is 0 Å². The Morgan fingerprint density at radius 2 is 1.88 bits per heavy atom. The molecular formula is C23H22F3N3O3. The molecule has 9 heteroatoms. The third-order valence-corrected chi connectivity index (χ3v) is 4.50. The number of anilines is 1. The lowest BCUT2D eigenvalue weighted by Crippen LogP contribution is -2.22. The number of amides is 1. The number of carbonyl (C=O) groups is 1. The number of hydrogen-bond acceptors (Lipinski definition) is 4. The second-order valence-electron chi connectivity index (χ2n) is 6.82. The van der Waals surface area contributed by atoms with Gasteiger partial charge in [-0.15, -0.1) is 0 Å². The summed E-state index contributed by atoms with van der Waals surface area (Å²) >= 11 is 0. The Morgan fingerprint density at radius 1 is 1.12 bits per heavy atom. The quantitative estimate of drug-likeness (QED) is 0.530. The highest BCUT2D eigenvalue weighted by Gasteiger charge is 2.29. The molecule has 3 aromatic rings. The van der Waals surface area contributed by atoms with Crippen LogP contribution in [0.4, 0.5) is 19.0 Å². The van der Waals surface area contributed by atoms with E-state index in [-0.39, 0.29) is 13.2 Å². The number of allylic oxidation sites excluding steroid dienone is 1. The summed E-state index contributed by atoms with van der Waals surface area (Å²) in [6, 6.07) is 11.7. The van der Waals surface area contributed by atoms with E-state index in [1.165, 1.54) is 30.1 Å². The zero-order valence-electron chi connectivity index (χ0n) is 17.5. The predicted octanol–water partition coefficient (Wildman–Crippen LogP) is 5.01. The molecule has 0 aliphatic rings. The molecule has 1 aromatic heterocycles. The summed E-state index contributed by atoms with van der Waals surface area (Å²) < 4.78 is 50.5. The minimum Gasteiger partial charge on any atom is -0.493 e. The number of nitrogens with zero attached hydrogens (tertiary/aromatic N) is 2. The third kappa shape index (κ3) is 5.90. The zero-order valence-corrected chi connectivity index (χ0v) is 17.5. The molecule has 1 N–H and O–H groups in total. The molecule has 0 aliphatic carbocycles. The van der Waals surface area contributed by atoms with Crippen LogP contribution in [0.25, 0.3) is 6.08 Å². The van der Waals surface area contributed by atoms with Crippen molar-refractivity contribution in [3.63, 3.8) is 0 Å². The van der Waals surface area contributed by atoms with Gasteiger partial charge in [0, 0.05) is 6.07 Å². The van der Waals surface area contributed by atoms with Crippen molar-refractivity contribution in [1.29, 1.82) is 0 Å². The van der Waals surface area contributed by atoms with Crippen LogP contribution in [0.15, 0.2) is 60.8 Å². The SMILES string of the molecule is CC=Cc1ccc(OCC(=O)Nc2ccnn2Cc2ccc(C(F)(F)F)cc2)c(OC)c1. The summed E-state index contributed by atoms with van der Waals surface area (Å²) in [6.45, 7) is 1.84. The maximum absolute atomic E-state index is 12.7. The van der Waals surface area contributed by atoms with Crippen molar-refractivity contribution in [3.8, 4) is 11.5 Å². The average molecular weight is 445 g/mol. The number of ether oxygens (including phenoxy) is 2. The monoisotopic (exact) mass is 445 g/mol. The molecule has 168 valence electrons. The van der Waals surface area contributed by atoms with Crippen LogP contribution in [0.2, 0.25) is 0 Å². The van der Waals surface area contributed by atoms with Gasteiger partial charge < -0.3 is 14.8 Å². The van der Waals surface area contributed by atoms with Crippen molar-refractivity contribution in [2.45, 2.75) is 19.6 Å². The van der Waals surface area contributed by atoms with Crippen molar-refractivity contribution in [3.05, 3.63) is 77.5 Å². The number of halogens is 3. The van der Waals surface area contributed by atoms with Crippen molar-refractivity contribution in [2.75, 3.05) is 19.0 Å². The van der Waals surface area contributed by atoms with E-state index in [0.29, 0.717) is 22.9 Å². The van der Waals surface area contributed by atoms with E-state index in [2.05, 4.69) is 10.4 Å². The first-order chi connectivity index (χ1) is 15.3. The second kappa shape index (κ2) is 10.0. The van der Waals surface area contributed by atoms with Crippen LogP contribution in [0.3, 0.4) is 0 Å². The number of rotatable bonds is 8. The average Bonchev–Trinajstić information content (AvgIpc) is 3.19. The maximum atomic E-state index is 12.7. The minimum absolute atomic E-state index is 0.196. The Bertz CT molecular complexity index is 1090. The van der Waals surface area contributed by atoms with E-state index in [1.54, 1.807) is 18.2 Å². The fourth-order valence-corrected chi connectivity index (χ4v) is 2.96. The molecule has 0 bridgehead atoms. The van der Waals surface area contributed by atoms with E-state index in [4.69, 9.17) is 9.47 Å². The van der Waals surface area contributed by atoms with E-state index < -0.39 is 17.6 Å². The summed E-state index contributed by atoms with van der Waals surface area (Å²) in [5, 5.41) is 6.81. The van der Waals surface area contributed by atoms with Crippen molar-refractivity contribution in [1.82, 2.24) is 9.78 Å². The predicted molar refractivity (Wildman–Crippen MR) is 115 cm³/mol. The van der Waals surface area contributed by atoms with Crippen LogP contribution in [-0.2, 0) is 17.5 Å². The first kappa shape index (κ1) is 22.9. The number of alkyl halides is 3. The summed E-state index contributed by atoms with van der Waals surface area (Å²) in [5.74, 6) is 0.905. The largest absolute Gasteiger partial charge is 0.493 e. The molecular weight excluding hydrogens is 423 g/mol. The van der Waals surface area contributed by atoms with Gasteiger partial charge in [-0.05, 0) is 42.3 Å². The zero-order chi connectivity index (χ0) is 23.1. The number of carbonyl (C=O) groups excluding carboxylic acids is 1. The molecule has 1 amide bonds. The normalized spacial score (nSPS) is 11.5. The van der Waals surface area contributed by atoms with Gasteiger partial charge >= 0.3 is 6.18 Å². The molecule has 3 rings (SSSR count). The van der Waals surface area contributed by atoms with Gasteiger partial charge in [0.1, 0.15) is 5.82 Å². The number of aromatic nitrogens is 2. The molecule has 0 aliphatic heterocycles. The topological polar surface area (TPSA) is 65.4 Å². The van der Waals surface area contributed by atoms with Crippen molar-refractivity contribution < 1.29 is 27.4 Å². The first-order valence-electron chi connectivity index (χ1n) is 9.71. The van der Waals surface area contributed by atoms with E-state index in [0.717, 1.165) is 17.7 Å². The molecule has 32 heavy (non-hydrogen) atoms. The Labute approximate surface area is 183 Å². The Morgan fingerprint density at radius 3 is 2.53 bits per heavy atom. The first-order valence-corrected chi connectivity index (χ1v) is 9.71. The Balaban J connectivity index is 1.61. The number of nitrogens with one attached hydrogen (secondary N) is 1. The molecule has 0 radical (unpaired) electrons. The van der Waals surface area contributed by atoms with Gasteiger partial charge in [0.15, 0.2) is 18.1 Å². The van der Waals surface area contributed by atoms with Gasteiger partial charge in [-0.2, -0.15) is 18.3 Å². The van der Waals surface area contributed by atoms with Gasteiger partial charge in [-0.3, -0.25) is 4.79 Å². The lowest BCUT2D eigenvalue weighted by Gasteiger charge is -2.13. The van der Waals surface area contributed by atoms with Crippen LogP contribution in [0.5, 0.6) is 11.5 Å². The van der Waals surface area contributed by atoms with E-state index in [9.17, 15) is 18.0 Å². The van der Waals surface area contributed by atoms with Gasteiger partial charge in [0.2, 0.25) is 0 Å². The van der Waals surface area contributed by atoms with Crippen molar-refractivity contribution >= 4 is 17.8 Å². The standard InChI is InChI=1S/C23H22F3N3O3/c1-3-4-16-7-10-19(20(13-16)31-2)32-15-22(30)28-21-11-12-27-29(21)14-17-5-8-18(9-6-17)23(24,25)26/h3-13H,14-15H2,1-2H3,(H,28,30). The number of hydrogen-bond donors (Lipinski definition) is 1. The van der Waals surface area contributed by atoms with Crippen molar-refractivity contribution in [2.24, 2.45) is 0 Å². The summed E-state index contributed by atoms with van der Waals surface area (Å²) in [4.78, 5) is 12.4. The highest BCUT2D eigenvalue weighted by atomic mass is 19.4. The molecule has 1 heterocycles. The summed E-state index contributed by atoms with van der Waals surface area (Å²) in [6.07, 6.45) is 0.913. The van der Waals surface area contributed by atoms with Gasteiger partial charge in [0.05, 0.1) is 25.4 Å². The molecule has 0 unspecified atom stereocenters. The minimum atomic E-state index is -4.39. The molecule has 6 nitrogen and oxygen atoms in total. The molecule has 0 atom stereocenters. The number of methoxy groups -OCH3 is 1. The van der Waals surface area contributed by atoms with Crippen LogP contribution in [0.1, 0.15) is 23.6 Å². The van der Waals surface area contributed by atoms with Gasteiger partial charge in [0.25, 0.3) is 5.91 Å². The molecule has 0 saturated heterocycles. The fraction of sp³-hybridized carbons (Fsp3) is 0.217. The molecule has 0 fully saturated rings. The smallest absolute Gasteiger partial charge is 0.416 e. The van der Waals surface area contributed by atoms with Gasteiger partial charge in [-0.25, -0.2) is 4.68 Å². The Kier molecular flexibility index (Phi) is 7.19. The third-order valence-electron chi connectivity index (χ3n) is 4.50. The molecule has 0 spiro atoms. The highest BCUT2D eigenvalue weighted by Crippen LogP contribution is 2.30. The highest BCUT2D eigenvalue weighted by molar-refractivity contribution is 5.91. The molecule has 0 saturated carbocycles. The second-order valence-corrected chi connectivity index (χ2v) is 6.82. The van der Waals surface area contributed by atoms with Crippen LogP contribution in [-0.4, -0.2) is 29.4 Å². The fourth-order valence-electron chi connectivity index (χ4n) is 2.96. The number of benzene rings is 2. The lowest BCUT2D eigenvalue weighted by atomic mass is 10.1. The summed E-state index contributed by atoms with van der Waals surface area (Å²) in [7, 11) is 1.52. The molecule has 2 aromatic carbocycles. The lowest BCUT2D eigenvalue weighted by molar-refractivity contribution is -0.137. The van der Waals surface area contributed by atoms with E-state index >= 15 is 0 Å². The van der Waals surface area contributed by atoms with Crippen LogP contribution >= 0.6 is 0 Å². The van der Waals surface area contributed by atoms with Gasteiger partial charge in [-0.1, -0.05) is 30.4 Å². The summed E-state index contributed by atoms with van der Waals surface area (Å²) in [5.41, 5.74) is 0.828. The Hall–Kier alpha value is -3.75. The maximum Gasteiger partial charge on any atom is 0.416 e. The van der Waals surface area contributed by atoms with E-state index in [1.807, 2.05) is 25.1 Å². The van der Waals surface area contributed by atoms with Crippen LogP contribution < -0.4 is 14.8 Å².